The van der Waals surface area contributed by atoms with Gasteiger partial charge in [-0.25, -0.2) is 8.99 Å². The number of hydrogen-bond donors (Lipinski definition) is 3. The highest BCUT2D eigenvalue weighted by molar-refractivity contribution is 7.92. The van der Waals surface area contributed by atoms with Crippen molar-refractivity contribution in [1.82, 2.24) is 0 Å². The van der Waals surface area contributed by atoms with Crippen LogP contribution in [0.3, 0.4) is 0 Å². The van der Waals surface area contributed by atoms with E-state index in [4.69, 9.17) is 4.78 Å². The highest BCUT2D eigenvalue weighted by atomic mass is 32.2. The number of fused-ring (bicyclic) bond motifs is 1. The minimum atomic E-state index is -2.75. The summed E-state index contributed by atoms with van der Waals surface area (Å²) >= 11 is 0. The first-order valence-corrected chi connectivity index (χ1v) is 14.6. The molecule has 5 heteroatoms. The minimum Gasteiger partial charge on any atom is -0.393 e. The maximum Gasteiger partial charge on any atom is 0.0811 e. The second-order valence-electron chi connectivity index (χ2n) is 11.1. The minimum absolute atomic E-state index is 0.236. The van der Waals surface area contributed by atoms with Crippen LogP contribution >= 0.6 is 0 Å². The summed E-state index contributed by atoms with van der Waals surface area (Å²) in [6.07, 6.45) is 10.8. The van der Waals surface area contributed by atoms with Crippen molar-refractivity contribution in [2.24, 2.45) is 23.2 Å². The lowest BCUT2D eigenvalue weighted by molar-refractivity contribution is 0.0861. The third kappa shape index (κ3) is 5.12. The summed E-state index contributed by atoms with van der Waals surface area (Å²) in [6.45, 7) is 8.81. The lowest BCUT2D eigenvalue weighted by Gasteiger charge is -2.44. The van der Waals surface area contributed by atoms with Gasteiger partial charge in [0.15, 0.2) is 0 Å². The van der Waals surface area contributed by atoms with E-state index in [-0.39, 0.29) is 5.41 Å². The monoisotopic (exact) mass is 483 g/mol. The molecule has 34 heavy (non-hydrogen) atoms. The fourth-order valence-corrected chi connectivity index (χ4v) is 8.53. The van der Waals surface area contributed by atoms with Crippen LogP contribution in [0.5, 0.6) is 0 Å². The van der Waals surface area contributed by atoms with Gasteiger partial charge in [0.1, 0.15) is 0 Å². The van der Waals surface area contributed by atoms with E-state index in [1.807, 2.05) is 30.3 Å². The van der Waals surface area contributed by atoms with Gasteiger partial charge in [0, 0.05) is 17.1 Å². The first-order chi connectivity index (χ1) is 16.1. The number of aliphatic hydroxyl groups excluding tert-OH is 2. The van der Waals surface area contributed by atoms with Gasteiger partial charge in [0.2, 0.25) is 0 Å². The van der Waals surface area contributed by atoms with E-state index >= 15 is 0 Å². The molecule has 7 atom stereocenters. The fraction of sp³-hybridized carbons (Fsp3) is 0.586. The molecule has 1 aromatic rings. The smallest absolute Gasteiger partial charge is 0.0811 e. The quantitative estimate of drug-likeness (QED) is 0.447. The Balaban J connectivity index is 1.46. The topological polar surface area (TPSA) is 81.4 Å². The summed E-state index contributed by atoms with van der Waals surface area (Å²) in [6, 6.07) is 9.27. The molecule has 3 saturated carbocycles. The largest absolute Gasteiger partial charge is 0.393 e. The Bertz CT molecular complexity index is 1060. The molecule has 3 fully saturated rings. The van der Waals surface area contributed by atoms with Gasteiger partial charge < -0.3 is 10.2 Å². The molecule has 0 radical (unpaired) electrons. The highest BCUT2D eigenvalue weighted by Crippen LogP contribution is 2.59. The molecule has 0 spiro atoms. The van der Waals surface area contributed by atoms with Crippen LogP contribution in [-0.4, -0.2) is 32.4 Å². The van der Waals surface area contributed by atoms with Gasteiger partial charge in [-0.05, 0) is 91.4 Å². The van der Waals surface area contributed by atoms with Crippen LogP contribution in [-0.2, 0) is 9.73 Å². The molecule has 4 rings (SSSR count). The molecular formula is C29H41NO3S. The molecule has 0 aromatic heterocycles. The van der Waals surface area contributed by atoms with Crippen molar-refractivity contribution in [2.75, 3.05) is 5.75 Å². The lowest BCUT2D eigenvalue weighted by atomic mass is 9.61. The molecule has 3 aliphatic rings. The molecule has 0 saturated heterocycles. The Hall–Kier alpha value is -1.69. The Kier molecular flexibility index (Phi) is 7.56. The normalized spacial score (nSPS) is 36.9. The maximum atomic E-state index is 13.0. The summed E-state index contributed by atoms with van der Waals surface area (Å²) in [7, 11) is -2.75. The average molecular weight is 484 g/mol. The first kappa shape index (κ1) is 25.4. The molecular weight excluding hydrogens is 442 g/mol. The summed E-state index contributed by atoms with van der Waals surface area (Å²) < 4.78 is 21.5. The summed E-state index contributed by atoms with van der Waals surface area (Å²) in [5.41, 5.74) is 3.45. The van der Waals surface area contributed by atoms with Crippen molar-refractivity contribution in [3.8, 4) is 0 Å². The average Bonchev–Trinajstić information content (AvgIpc) is 3.17. The number of rotatable bonds is 6. The Morgan fingerprint density at radius 2 is 1.97 bits per heavy atom. The van der Waals surface area contributed by atoms with Crippen LogP contribution in [0.25, 0.3) is 0 Å². The maximum absolute atomic E-state index is 13.0. The van der Waals surface area contributed by atoms with Crippen LogP contribution < -0.4 is 0 Å². The van der Waals surface area contributed by atoms with Crippen molar-refractivity contribution < 1.29 is 14.4 Å². The van der Waals surface area contributed by atoms with Crippen LogP contribution in [0.15, 0.2) is 70.7 Å². The Morgan fingerprint density at radius 3 is 2.71 bits per heavy atom. The van der Waals surface area contributed by atoms with Crippen LogP contribution in [0, 0.1) is 27.9 Å². The predicted octanol–water partition coefficient (Wildman–Crippen LogP) is 6.26. The predicted molar refractivity (Wildman–Crippen MR) is 139 cm³/mol. The van der Waals surface area contributed by atoms with E-state index in [1.54, 1.807) is 0 Å². The second-order valence-corrected chi connectivity index (χ2v) is 13.4. The number of aliphatic hydroxyl groups is 2. The van der Waals surface area contributed by atoms with Crippen LogP contribution in [0.1, 0.15) is 65.2 Å². The molecule has 0 amide bonds. The van der Waals surface area contributed by atoms with E-state index in [2.05, 4.69) is 32.6 Å². The molecule has 1 aromatic carbocycles. The first-order valence-electron chi connectivity index (χ1n) is 12.9. The van der Waals surface area contributed by atoms with Gasteiger partial charge >= 0.3 is 0 Å². The Labute approximate surface area is 205 Å². The van der Waals surface area contributed by atoms with Crippen molar-refractivity contribution in [1.29, 1.82) is 4.78 Å². The zero-order valence-corrected chi connectivity index (χ0v) is 21.5. The SMILES string of the molecule is C=C1/C(=C\C=C2/CCC[C@]3(C)[C@@H]([C@H](C)CC[S@](=N)(=O)c4ccccc4)CC[C@@H]23)C[C@@H](O)C[C@@H]1O. The summed E-state index contributed by atoms with van der Waals surface area (Å²) in [5.74, 6) is 1.99. The van der Waals surface area contributed by atoms with E-state index in [0.717, 1.165) is 24.0 Å². The third-order valence-corrected chi connectivity index (χ3v) is 10.8. The summed E-state index contributed by atoms with van der Waals surface area (Å²) in [5, 5.41) is 20.2. The zero-order chi connectivity index (χ0) is 24.5. The van der Waals surface area contributed by atoms with Crippen molar-refractivity contribution in [3.05, 3.63) is 65.8 Å². The Morgan fingerprint density at radius 1 is 1.24 bits per heavy atom. The van der Waals surface area contributed by atoms with E-state index < -0.39 is 21.9 Å². The van der Waals surface area contributed by atoms with E-state index in [9.17, 15) is 14.4 Å². The fourth-order valence-electron chi connectivity index (χ4n) is 6.99. The molecule has 0 unspecified atom stereocenters. The van der Waals surface area contributed by atoms with Crippen molar-refractivity contribution in [3.63, 3.8) is 0 Å². The number of hydrogen-bond acceptors (Lipinski definition) is 4. The molecule has 186 valence electrons. The number of nitrogens with one attached hydrogen (secondary N) is 1. The van der Waals surface area contributed by atoms with E-state index in [0.29, 0.717) is 41.2 Å². The van der Waals surface area contributed by atoms with Gasteiger partial charge in [-0.2, -0.15) is 0 Å². The van der Waals surface area contributed by atoms with Crippen LogP contribution in [0.2, 0.25) is 0 Å². The molecule has 4 nitrogen and oxygen atoms in total. The van der Waals surface area contributed by atoms with E-state index in [1.165, 1.54) is 31.3 Å². The molecule has 3 aliphatic carbocycles. The molecule has 0 heterocycles. The van der Waals surface area contributed by atoms with Gasteiger partial charge in [-0.15, -0.1) is 0 Å². The van der Waals surface area contributed by atoms with Crippen molar-refractivity contribution >= 4 is 9.73 Å². The highest BCUT2D eigenvalue weighted by Gasteiger charge is 2.50. The van der Waals surface area contributed by atoms with Gasteiger partial charge in [-0.3, -0.25) is 0 Å². The van der Waals surface area contributed by atoms with Gasteiger partial charge in [0.05, 0.1) is 21.9 Å². The molecule has 0 aliphatic heterocycles. The van der Waals surface area contributed by atoms with Crippen molar-refractivity contribution in [2.45, 2.75) is 82.3 Å². The second kappa shape index (κ2) is 10.1. The zero-order valence-electron chi connectivity index (χ0n) is 20.7. The van der Waals surface area contributed by atoms with Gasteiger partial charge in [0.25, 0.3) is 0 Å². The molecule has 3 N–H and O–H groups in total. The van der Waals surface area contributed by atoms with Crippen LogP contribution in [0.4, 0.5) is 0 Å². The third-order valence-electron chi connectivity index (χ3n) is 8.97. The van der Waals surface area contributed by atoms with Gasteiger partial charge in [-0.1, -0.05) is 56.4 Å². The summed E-state index contributed by atoms with van der Waals surface area (Å²) in [4.78, 5) is 0.646. The molecule has 0 bridgehead atoms. The lowest BCUT2D eigenvalue weighted by Crippen LogP contribution is -2.36. The number of benzene rings is 1. The standard InChI is InChI=1S/C29H41NO3S/c1-20(15-17-34(30,33)25-9-5-4-6-10-25)26-13-14-27-22(8-7-16-29(26,27)3)11-12-23-18-24(31)19-28(32)21(23)2/h4-6,9-12,20,24,26-28,30-32H,2,7-8,13-19H2,1,3H3/b22-11+,23-12-/t20-,24-,26-,27+,28+,29-,34+/m1/s1. The number of allylic oxidation sites excluding steroid dienone is 3.